The van der Waals surface area contributed by atoms with Crippen molar-refractivity contribution >= 4 is 23.5 Å². The van der Waals surface area contributed by atoms with Gasteiger partial charge in [-0.1, -0.05) is 54.2 Å². The normalized spacial score (nSPS) is 15.7. The second-order valence-electron chi connectivity index (χ2n) is 6.51. The number of benzene rings is 2. The molecule has 1 aliphatic heterocycles. The minimum absolute atomic E-state index is 0.0898. The van der Waals surface area contributed by atoms with E-state index in [-0.39, 0.29) is 12.1 Å². The summed E-state index contributed by atoms with van der Waals surface area (Å²) in [5, 5.41) is 5.66. The van der Waals surface area contributed by atoms with E-state index in [2.05, 4.69) is 27.7 Å². The van der Waals surface area contributed by atoms with E-state index in [1.54, 1.807) is 24.3 Å². The number of thioether (sulfide) groups is 1. The molecule has 0 unspecified atom stereocenters. The number of amides is 2. The number of halogens is 2. The standard InChI is InChI=1S/C20H23F2N3OS/c21-19(22)27-18-9-5-4-8-17(18)24-20(26)23-16-10-12-25(13-11-16)14-15-6-2-1-3-7-15/h1-9,16,19H,10-14H2,(H2,23,24,26). The van der Waals surface area contributed by atoms with E-state index in [0.29, 0.717) is 22.3 Å². The van der Waals surface area contributed by atoms with Crippen molar-refractivity contribution in [1.82, 2.24) is 10.2 Å². The van der Waals surface area contributed by atoms with Gasteiger partial charge in [0, 0.05) is 30.6 Å². The fraction of sp³-hybridized carbons (Fsp3) is 0.350. The van der Waals surface area contributed by atoms with E-state index in [4.69, 9.17) is 0 Å². The van der Waals surface area contributed by atoms with Gasteiger partial charge in [0.1, 0.15) is 0 Å². The zero-order valence-corrected chi connectivity index (χ0v) is 15.7. The highest BCUT2D eigenvalue weighted by Crippen LogP contribution is 2.31. The van der Waals surface area contributed by atoms with Crippen LogP contribution < -0.4 is 10.6 Å². The average molecular weight is 391 g/mol. The molecule has 1 heterocycles. The molecule has 1 fully saturated rings. The molecule has 0 spiro atoms. The Morgan fingerprint density at radius 1 is 1.07 bits per heavy atom. The molecule has 0 aliphatic carbocycles. The number of piperidine rings is 1. The quantitative estimate of drug-likeness (QED) is 0.696. The number of hydrogen-bond donors (Lipinski definition) is 2. The number of urea groups is 1. The SMILES string of the molecule is O=C(Nc1ccccc1SC(F)F)NC1CCN(Cc2ccccc2)CC1. The van der Waals surface area contributed by atoms with Gasteiger partial charge in [-0.05, 0) is 30.5 Å². The monoisotopic (exact) mass is 391 g/mol. The Labute approximate surface area is 162 Å². The third-order valence-electron chi connectivity index (χ3n) is 4.52. The Morgan fingerprint density at radius 2 is 1.74 bits per heavy atom. The van der Waals surface area contributed by atoms with Crippen molar-refractivity contribution in [3.05, 3.63) is 60.2 Å². The number of anilines is 1. The molecule has 0 radical (unpaired) electrons. The summed E-state index contributed by atoms with van der Waals surface area (Å²) < 4.78 is 25.3. The van der Waals surface area contributed by atoms with E-state index in [1.807, 2.05) is 18.2 Å². The van der Waals surface area contributed by atoms with Crippen molar-refractivity contribution in [2.45, 2.75) is 36.1 Å². The van der Waals surface area contributed by atoms with Crippen LogP contribution in [0.5, 0.6) is 0 Å². The topological polar surface area (TPSA) is 44.4 Å². The van der Waals surface area contributed by atoms with Gasteiger partial charge >= 0.3 is 6.03 Å². The van der Waals surface area contributed by atoms with E-state index < -0.39 is 5.76 Å². The van der Waals surface area contributed by atoms with Crippen LogP contribution in [-0.4, -0.2) is 35.8 Å². The van der Waals surface area contributed by atoms with Crippen molar-refractivity contribution in [2.24, 2.45) is 0 Å². The molecule has 27 heavy (non-hydrogen) atoms. The van der Waals surface area contributed by atoms with Crippen LogP contribution in [0.4, 0.5) is 19.3 Å². The lowest BCUT2D eigenvalue weighted by molar-refractivity contribution is 0.190. The van der Waals surface area contributed by atoms with Crippen LogP contribution in [0.25, 0.3) is 0 Å². The fourth-order valence-electron chi connectivity index (χ4n) is 3.19. The molecule has 7 heteroatoms. The molecule has 1 saturated heterocycles. The van der Waals surface area contributed by atoms with Gasteiger partial charge in [-0.3, -0.25) is 4.90 Å². The van der Waals surface area contributed by atoms with Crippen molar-refractivity contribution in [2.75, 3.05) is 18.4 Å². The first-order valence-electron chi connectivity index (χ1n) is 8.98. The Kier molecular flexibility index (Phi) is 7.06. The Morgan fingerprint density at radius 3 is 2.44 bits per heavy atom. The molecular weight excluding hydrogens is 368 g/mol. The summed E-state index contributed by atoms with van der Waals surface area (Å²) in [6.07, 6.45) is 1.74. The number of likely N-dealkylation sites (tertiary alicyclic amines) is 1. The van der Waals surface area contributed by atoms with Gasteiger partial charge in [-0.25, -0.2) is 4.79 Å². The molecule has 3 rings (SSSR count). The van der Waals surface area contributed by atoms with E-state index in [9.17, 15) is 13.6 Å². The van der Waals surface area contributed by atoms with Crippen LogP contribution >= 0.6 is 11.8 Å². The Hall–Kier alpha value is -2.12. The molecule has 0 aromatic heterocycles. The predicted molar refractivity (Wildman–Crippen MR) is 105 cm³/mol. The fourth-order valence-corrected chi connectivity index (χ4v) is 3.78. The predicted octanol–water partition coefficient (Wildman–Crippen LogP) is 4.79. The van der Waals surface area contributed by atoms with Gasteiger partial charge in [0.15, 0.2) is 0 Å². The zero-order valence-electron chi connectivity index (χ0n) is 14.9. The minimum atomic E-state index is -2.52. The van der Waals surface area contributed by atoms with Crippen molar-refractivity contribution in [1.29, 1.82) is 0 Å². The second-order valence-corrected chi connectivity index (χ2v) is 7.54. The van der Waals surface area contributed by atoms with E-state index >= 15 is 0 Å². The molecule has 2 N–H and O–H groups in total. The number of carbonyl (C=O) groups is 1. The maximum atomic E-state index is 12.6. The number of alkyl halides is 2. The number of rotatable bonds is 6. The summed E-state index contributed by atoms with van der Waals surface area (Å²) in [4.78, 5) is 15.0. The lowest BCUT2D eigenvalue weighted by Crippen LogP contribution is -2.45. The molecule has 0 bridgehead atoms. The van der Waals surface area contributed by atoms with Gasteiger partial charge in [-0.15, -0.1) is 0 Å². The van der Waals surface area contributed by atoms with Crippen molar-refractivity contribution < 1.29 is 13.6 Å². The molecular formula is C20H23F2N3OS. The maximum Gasteiger partial charge on any atom is 0.319 e. The summed E-state index contributed by atoms with van der Waals surface area (Å²) in [6, 6.07) is 16.7. The Bertz CT molecular complexity index is 737. The van der Waals surface area contributed by atoms with Gasteiger partial charge in [0.05, 0.1) is 5.69 Å². The molecule has 0 saturated carbocycles. The largest absolute Gasteiger partial charge is 0.335 e. The van der Waals surface area contributed by atoms with Crippen LogP contribution in [0.1, 0.15) is 18.4 Å². The number of nitrogens with one attached hydrogen (secondary N) is 2. The third kappa shape index (κ3) is 6.22. The Balaban J connectivity index is 1.46. The smallest absolute Gasteiger partial charge is 0.319 e. The average Bonchev–Trinajstić information content (AvgIpc) is 2.65. The first-order chi connectivity index (χ1) is 13.1. The summed E-state index contributed by atoms with van der Waals surface area (Å²) in [5.74, 6) is -2.52. The lowest BCUT2D eigenvalue weighted by Gasteiger charge is -2.32. The minimum Gasteiger partial charge on any atom is -0.335 e. The van der Waals surface area contributed by atoms with Crippen LogP contribution in [0.2, 0.25) is 0 Å². The van der Waals surface area contributed by atoms with Gasteiger partial charge < -0.3 is 10.6 Å². The summed E-state index contributed by atoms with van der Waals surface area (Å²) in [7, 11) is 0. The highest BCUT2D eigenvalue weighted by molar-refractivity contribution is 7.99. The first-order valence-corrected chi connectivity index (χ1v) is 9.86. The third-order valence-corrected chi connectivity index (χ3v) is 5.31. The number of para-hydroxylation sites is 1. The number of carbonyl (C=O) groups excluding carboxylic acids is 1. The molecule has 2 aromatic carbocycles. The van der Waals surface area contributed by atoms with Crippen LogP contribution in [0.3, 0.4) is 0 Å². The van der Waals surface area contributed by atoms with E-state index in [1.165, 1.54) is 5.56 Å². The van der Waals surface area contributed by atoms with Crippen molar-refractivity contribution in [3.63, 3.8) is 0 Å². The number of nitrogens with zero attached hydrogens (tertiary/aromatic N) is 1. The molecule has 1 aliphatic rings. The van der Waals surface area contributed by atoms with E-state index in [0.717, 1.165) is 32.5 Å². The summed E-state index contributed by atoms with van der Waals surface area (Å²) >= 11 is 0.432. The highest BCUT2D eigenvalue weighted by Gasteiger charge is 2.21. The summed E-state index contributed by atoms with van der Waals surface area (Å²) in [6.45, 7) is 2.74. The maximum absolute atomic E-state index is 12.6. The van der Waals surface area contributed by atoms with Crippen LogP contribution in [-0.2, 0) is 6.54 Å². The zero-order chi connectivity index (χ0) is 19.1. The highest BCUT2D eigenvalue weighted by atomic mass is 32.2. The van der Waals surface area contributed by atoms with Crippen LogP contribution in [0, 0.1) is 0 Å². The molecule has 144 valence electrons. The molecule has 0 atom stereocenters. The van der Waals surface area contributed by atoms with Gasteiger partial charge in [0.2, 0.25) is 0 Å². The lowest BCUT2D eigenvalue weighted by atomic mass is 10.0. The first kappa shape index (κ1) is 19.6. The molecule has 2 amide bonds. The molecule has 4 nitrogen and oxygen atoms in total. The summed E-state index contributed by atoms with van der Waals surface area (Å²) in [5.41, 5.74) is 1.69. The number of hydrogen-bond acceptors (Lipinski definition) is 3. The van der Waals surface area contributed by atoms with Gasteiger partial charge in [0.25, 0.3) is 5.76 Å². The molecule has 2 aromatic rings. The van der Waals surface area contributed by atoms with Crippen molar-refractivity contribution in [3.8, 4) is 0 Å². The van der Waals surface area contributed by atoms with Gasteiger partial charge in [-0.2, -0.15) is 8.78 Å². The second kappa shape index (κ2) is 9.71. The van der Waals surface area contributed by atoms with Crippen LogP contribution in [0.15, 0.2) is 59.5 Å².